The molecule has 152 valence electrons. The van der Waals surface area contributed by atoms with Crippen LogP contribution < -0.4 is 0 Å². The van der Waals surface area contributed by atoms with Crippen LogP contribution in [0, 0.1) is 0 Å². The molecule has 0 saturated heterocycles. The molecule has 0 fully saturated rings. The van der Waals surface area contributed by atoms with Crippen LogP contribution in [0.4, 0.5) is 0 Å². The Bertz CT molecular complexity index is 613. The number of rotatable bonds is 8. The molecule has 0 heterocycles. The van der Waals surface area contributed by atoms with Gasteiger partial charge in [0.2, 0.25) is 0 Å². The Kier molecular flexibility index (Phi) is 9.42. The molecule has 0 radical (unpaired) electrons. The first kappa shape index (κ1) is 22.9. The minimum atomic E-state index is -0.450. The predicted molar refractivity (Wildman–Crippen MR) is 98.9 cm³/mol. The van der Waals surface area contributed by atoms with Gasteiger partial charge in [-0.15, -0.1) is 0 Å². The molecule has 0 unspecified atom stereocenters. The Labute approximate surface area is 163 Å². The zero-order chi connectivity index (χ0) is 21.1. The highest BCUT2D eigenvalue weighted by molar-refractivity contribution is 5.68. The maximum Gasteiger partial charge on any atom is 0.302 e. The average molecular weight is 392 g/mol. The molecular formula is C20H24O8. The van der Waals surface area contributed by atoms with Crippen LogP contribution in [0.3, 0.4) is 0 Å². The number of ether oxygens (including phenoxy) is 4. The quantitative estimate of drug-likeness (QED) is 0.456. The number of esters is 4. The summed E-state index contributed by atoms with van der Waals surface area (Å²) in [4.78, 5) is 44.6. The highest BCUT2D eigenvalue weighted by Crippen LogP contribution is 2.18. The van der Waals surface area contributed by atoms with Gasteiger partial charge in [0.15, 0.2) is 0 Å². The third kappa shape index (κ3) is 10.1. The summed E-state index contributed by atoms with van der Waals surface area (Å²) >= 11 is 0. The van der Waals surface area contributed by atoms with Crippen LogP contribution in [0.5, 0.6) is 0 Å². The summed E-state index contributed by atoms with van der Waals surface area (Å²) in [5.74, 6) is -1.80. The molecule has 28 heavy (non-hydrogen) atoms. The van der Waals surface area contributed by atoms with E-state index in [1.807, 2.05) is 0 Å². The van der Waals surface area contributed by atoms with Gasteiger partial charge in [-0.05, 0) is 46.6 Å². The topological polar surface area (TPSA) is 105 Å². The van der Waals surface area contributed by atoms with Gasteiger partial charge in [0.1, 0.15) is 26.4 Å². The summed E-state index contributed by atoms with van der Waals surface area (Å²) in [6.45, 7) is 5.12. The standard InChI is InChI=1S/C20H24O8/c1-13(21)25-9-17-5-18(10-26-14(2)22)7-20(12-28-16(4)24)8-19(6-17)11-27-15(3)23/h5-8H,9-12H2,1-4H3. The lowest BCUT2D eigenvalue weighted by Crippen LogP contribution is -2.10. The smallest absolute Gasteiger partial charge is 0.302 e. The molecule has 1 aliphatic rings. The fourth-order valence-electron chi connectivity index (χ4n) is 2.19. The molecule has 0 aromatic carbocycles. The SMILES string of the molecule is CC(=O)OCC1=CC(COC(C)=O)=CC(COC(C)=O)=CC(COC(C)=O)=C1. The Morgan fingerprint density at radius 2 is 0.679 bits per heavy atom. The fraction of sp³-hybridized carbons (Fsp3) is 0.400. The van der Waals surface area contributed by atoms with Gasteiger partial charge < -0.3 is 18.9 Å². The van der Waals surface area contributed by atoms with Crippen molar-refractivity contribution in [3.05, 3.63) is 46.6 Å². The van der Waals surface area contributed by atoms with Gasteiger partial charge in [-0.3, -0.25) is 19.2 Å². The van der Waals surface area contributed by atoms with Gasteiger partial charge in [-0.2, -0.15) is 0 Å². The van der Waals surface area contributed by atoms with Crippen molar-refractivity contribution in [1.29, 1.82) is 0 Å². The van der Waals surface area contributed by atoms with E-state index in [9.17, 15) is 19.2 Å². The third-order valence-corrected chi connectivity index (χ3v) is 3.25. The van der Waals surface area contributed by atoms with Crippen molar-refractivity contribution in [1.82, 2.24) is 0 Å². The number of hydrogen-bond acceptors (Lipinski definition) is 8. The summed E-state index contributed by atoms with van der Waals surface area (Å²) < 4.78 is 20.2. The van der Waals surface area contributed by atoms with Gasteiger partial charge in [-0.1, -0.05) is 0 Å². The lowest BCUT2D eigenvalue weighted by molar-refractivity contribution is -0.140. The van der Waals surface area contributed by atoms with Crippen LogP contribution in [-0.2, 0) is 38.1 Å². The van der Waals surface area contributed by atoms with Gasteiger partial charge in [0.05, 0.1) is 0 Å². The second kappa shape index (κ2) is 11.5. The Morgan fingerprint density at radius 1 is 0.500 bits per heavy atom. The van der Waals surface area contributed by atoms with Crippen molar-refractivity contribution >= 4 is 23.9 Å². The third-order valence-electron chi connectivity index (χ3n) is 3.25. The van der Waals surface area contributed by atoms with Gasteiger partial charge in [0, 0.05) is 27.7 Å². The fourth-order valence-corrected chi connectivity index (χ4v) is 2.19. The summed E-state index contributed by atoms with van der Waals surface area (Å²) in [6, 6.07) is 0. The monoisotopic (exact) mass is 392 g/mol. The van der Waals surface area contributed by atoms with Crippen LogP contribution in [-0.4, -0.2) is 50.3 Å². The lowest BCUT2D eigenvalue weighted by atomic mass is 10.0. The summed E-state index contributed by atoms with van der Waals surface area (Å²) in [5.41, 5.74) is 2.44. The van der Waals surface area contributed by atoms with Crippen molar-refractivity contribution in [3.63, 3.8) is 0 Å². The molecule has 8 heteroatoms. The van der Waals surface area contributed by atoms with Crippen molar-refractivity contribution in [2.24, 2.45) is 0 Å². The second-order valence-corrected chi connectivity index (χ2v) is 6.00. The summed E-state index contributed by atoms with van der Waals surface area (Å²) in [5, 5.41) is 0. The van der Waals surface area contributed by atoms with E-state index >= 15 is 0 Å². The first-order valence-electron chi connectivity index (χ1n) is 8.51. The highest BCUT2D eigenvalue weighted by atomic mass is 16.5. The van der Waals surface area contributed by atoms with E-state index in [2.05, 4.69) is 0 Å². The number of hydrogen-bond donors (Lipinski definition) is 0. The van der Waals surface area contributed by atoms with E-state index < -0.39 is 23.9 Å². The Hall–Kier alpha value is -3.16. The zero-order valence-electron chi connectivity index (χ0n) is 16.4. The van der Waals surface area contributed by atoms with E-state index in [1.54, 1.807) is 24.3 Å². The maximum atomic E-state index is 11.2. The van der Waals surface area contributed by atoms with Crippen molar-refractivity contribution in [2.75, 3.05) is 26.4 Å². The van der Waals surface area contributed by atoms with E-state index in [4.69, 9.17) is 18.9 Å². The summed E-state index contributed by atoms with van der Waals surface area (Å²) in [6.07, 6.45) is 6.78. The minimum absolute atomic E-state index is 0.0105. The molecule has 0 aromatic rings. The Balaban J connectivity index is 3.22. The molecule has 0 spiro atoms. The minimum Gasteiger partial charge on any atom is -0.461 e. The molecule has 1 rings (SSSR count). The maximum absolute atomic E-state index is 11.2. The molecule has 0 saturated carbocycles. The molecule has 0 N–H and O–H groups in total. The molecule has 0 amide bonds. The normalized spacial score (nSPS) is 13.6. The van der Waals surface area contributed by atoms with Crippen LogP contribution >= 0.6 is 0 Å². The van der Waals surface area contributed by atoms with E-state index in [1.165, 1.54) is 27.7 Å². The molecule has 1 aliphatic carbocycles. The molecule has 0 atom stereocenters. The number of carbonyl (C=O) groups excluding carboxylic acids is 4. The van der Waals surface area contributed by atoms with E-state index in [0.717, 1.165) is 0 Å². The van der Waals surface area contributed by atoms with Crippen LogP contribution in [0.2, 0.25) is 0 Å². The number of carbonyl (C=O) groups is 4. The van der Waals surface area contributed by atoms with E-state index in [0.29, 0.717) is 22.3 Å². The molecule has 8 nitrogen and oxygen atoms in total. The lowest BCUT2D eigenvalue weighted by Gasteiger charge is -2.14. The largest absolute Gasteiger partial charge is 0.461 e. The van der Waals surface area contributed by atoms with Gasteiger partial charge >= 0.3 is 23.9 Å². The van der Waals surface area contributed by atoms with Crippen molar-refractivity contribution < 1.29 is 38.1 Å². The van der Waals surface area contributed by atoms with Crippen LogP contribution in [0.25, 0.3) is 0 Å². The van der Waals surface area contributed by atoms with Crippen molar-refractivity contribution in [3.8, 4) is 0 Å². The van der Waals surface area contributed by atoms with E-state index in [-0.39, 0.29) is 26.4 Å². The Morgan fingerprint density at radius 3 is 0.821 bits per heavy atom. The molecule has 0 bridgehead atoms. The average Bonchev–Trinajstić information content (AvgIpc) is 2.57. The molecule has 0 aliphatic heterocycles. The first-order chi connectivity index (χ1) is 13.2. The second-order valence-electron chi connectivity index (χ2n) is 6.00. The van der Waals surface area contributed by atoms with Gasteiger partial charge in [0.25, 0.3) is 0 Å². The summed E-state index contributed by atoms with van der Waals surface area (Å²) in [7, 11) is 0. The van der Waals surface area contributed by atoms with Crippen molar-refractivity contribution in [2.45, 2.75) is 27.7 Å². The predicted octanol–water partition coefficient (Wildman–Crippen LogP) is 1.96. The zero-order valence-corrected chi connectivity index (χ0v) is 16.4. The molecular weight excluding hydrogens is 368 g/mol. The van der Waals surface area contributed by atoms with Gasteiger partial charge in [-0.25, -0.2) is 0 Å². The van der Waals surface area contributed by atoms with Crippen LogP contribution in [0.1, 0.15) is 27.7 Å². The molecule has 0 aromatic heterocycles. The first-order valence-corrected chi connectivity index (χ1v) is 8.51. The highest BCUT2D eigenvalue weighted by Gasteiger charge is 2.11. The van der Waals surface area contributed by atoms with Crippen LogP contribution in [0.15, 0.2) is 46.6 Å².